The smallest absolute Gasteiger partial charge is 0.253 e. The molecule has 0 saturated heterocycles. The van der Waals surface area contributed by atoms with Gasteiger partial charge < -0.3 is 19.5 Å². The van der Waals surface area contributed by atoms with Crippen LogP contribution in [0.2, 0.25) is 0 Å². The molecule has 1 N–H and O–H groups in total. The minimum absolute atomic E-state index is 0.0378. The summed E-state index contributed by atoms with van der Waals surface area (Å²) in [5.41, 5.74) is 0.676. The van der Waals surface area contributed by atoms with Crippen LogP contribution in [0.5, 0.6) is 0 Å². The quantitative estimate of drug-likeness (QED) is 0.122. The fourth-order valence-corrected chi connectivity index (χ4v) is 3.69. The van der Waals surface area contributed by atoms with Crippen molar-refractivity contribution in [3.8, 4) is 11.3 Å². The number of aromatic nitrogens is 2. The van der Waals surface area contributed by atoms with Crippen LogP contribution in [0.15, 0.2) is 36.7 Å². The number of ketones is 4. The molecule has 0 unspecified atom stereocenters. The third kappa shape index (κ3) is 19.2. The lowest BCUT2D eigenvalue weighted by molar-refractivity contribution is -0.123. The van der Waals surface area contributed by atoms with E-state index in [9.17, 15) is 24.0 Å². The minimum Gasteiger partial charge on any atom is -0.378 e. The second kappa shape index (κ2) is 27.3. The van der Waals surface area contributed by atoms with Crippen LogP contribution in [0.25, 0.3) is 11.3 Å². The number of hydrogen-bond acceptors (Lipinski definition) is 10. The summed E-state index contributed by atoms with van der Waals surface area (Å²) in [7, 11) is 0. The molecule has 0 spiro atoms. The summed E-state index contributed by atoms with van der Waals surface area (Å²) in [6.45, 7) is 20.3. The van der Waals surface area contributed by atoms with E-state index < -0.39 is 11.4 Å². The van der Waals surface area contributed by atoms with Gasteiger partial charge in [-0.15, -0.1) is 0 Å². The summed E-state index contributed by atoms with van der Waals surface area (Å²) < 4.78 is 17.4. The van der Waals surface area contributed by atoms with Gasteiger partial charge in [0.2, 0.25) is 0 Å². The van der Waals surface area contributed by atoms with E-state index >= 15 is 0 Å². The number of carbonyl (C=O) groups is 5. The fraction of sp³-hybridized carbons (Fsp3) is 0.595. The van der Waals surface area contributed by atoms with Crippen molar-refractivity contribution in [2.24, 2.45) is 5.92 Å². The molecule has 0 aliphatic rings. The van der Waals surface area contributed by atoms with Crippen LogP contribution in [0.1, 0.15) is 116 Å². The molecule has 0 radical (unpaired) electrons. The van der Waals surface area contributed by atoms with E-state index in [0.29, 0.717) is 17.0 Å². The highest BCUT2D eigenvalue weighted by atomic mass is 16.5. The first kappa shape index (κ1) is 46.4. The second-order valence-electron chi connectivity index (χ2n) is 10.6. The first-order chi connectivity index (χ1) is 22.9. The van der Waals surface area contributed by atoms with Crippen molar-refractivity contribution in [2.45, 2.75) is 101 Å². The lowest BCUT2D eigenvalue weighted by Crippen LogP contribution is -2.58. The summed E-state index contributed by atoms with van der Waals surface area (Å²) in [6, 6.07) is 6.62. The maximum Gasteiger partial charge on any atom is 0.253 e. The molecule has 1 amide bonds. The van der Waals surface area contributed by atoms with Gasteiger partial charge >= 0.3 is 0 Å². The molecule has 2 aromatic rings. The number of rotatable bonds is 20. The van der Waals surface area contributed by atoms with Crippen LogP contribution in [-0.2, 0) is 28.6 Å². The molecule has 0 aliphatic carbocycles. The largest absolute Gasteiger partial charge is 0.378 e. The molecule has 0 atom stereocenters. The summed E-state index contributed by atoms with van der Waals surface area (Å²) in [6.07, 6.45) is 3.58. The second-order valence-corrected chi connectivity index (χ2v) is 10.6. The Morgan fingerprint density at radius 1 is 0.688 bits per heavy atom. The predicted octanol–water partition coefficient (Wildman–Crippen LogP) is 6.52. The van der Waals surface area contributed by atoms with Crippen molar-refractivity contribution < 1.29 is 38.2 Å². The van der Waals surface area contributed by atoms with Gasteiger partial charge in [0.05, 0.1) is 50.9 Å². The Balaban J connectivity index is 0. The first-order valence-corrected chi connectivity index (χ1v) is 16.9. The molecule has 48 heavy (non-hydrogen) atoms. The van der Waals surface area contributed by atoms with Gasteiger partial charge in [-0.25, -0.2) is 0 Å². The number of nitrogens with one attached hydrogen (secondary N) is 1. The first-order valence-electron chi connectivity index (χ1n) is 16.9. The highest BCUT2D eigenvalue weighted by Crippen LogP contribution is 2.18. The van der Waals surface area contributed by atoms with Crippen molar-refractivity contribution >= 4 is 29.0 Å². The average molecular weight is 674 g/mol. The average Bonchev–Trinajstić information content (AvgIpc) is 3.09. The number of carbonyl (C=O) groups excluding carboxylic acids is 5. The van der Waals surface area contributed by atoms with Crippen molar-refractivity contribution in [1.29, 1.82) is 0 Å². The molecule has 2 heterocycles. The third-order valence-corrected chi connectivity index (χ3v) is 6.29. The summed E-state index contributed by atoms with van der Waals surface area (Å²) >= 11 is 0. The Labute approximate surface area is 287 Å². The molecular weight excluding hydrogens is 614 g/mol. The van der Waals surface area contributed by atoms with Gasteiger partial charge in [0.25, 0.3) is 5.91 Å². The van der Waals surface area contributed by atoms with Gasteiger partial charge in [0.1, 0.15) is 28.6 Å². The van der Waals surface area contributed by atoms with E-state index in [-0.39, 0.29) is 93.5 Å². The monoisotopic (exact) mass is 673 g/mol. The lowest BCUT2D eigenvalue weighted by atomic mass is 10.0. The molecular formula is C37H59N3O8. The molecule has 11 heteroatoms. The maximum absolute atomic E-state index is 13.4. The van der Waals surface area contributed by atoms with Crippen molar-refractivity contribution in [3.05, 3.63) is 47.9 Å². The summed E-state index contributed by atoms with van der Waals surface area (Å²) in [4.78, 5) is 68.3. The molecule has 2 rings (SSSR count). The molecule has 0 aliphatic heterocycles. The SMILES string of the molecule is CC.CC.CC.CC(=O)CCOCC(COCCC(C)=O)(COCCC(=O)C(C)C)NC(=O)c1ccc(-c2ccc(C(C)=O)nc2)nc1. The standard InChI is InChI=1S/C31H41N3O8.3C2H6/c1-21(2)29(38)12-15-42-20-31(18-40-13-10-22(3)35,19-41-14-11-23(4)36)34-30(39)26-7-9-28(33-17-26)25-6-8-27(24(5)37)32-16-25;3*1-2/h6-9,16-17,21H,10-15,18-20H2,1-5H3,(H,34,39);3*1-2H3. The Kier molecular flexibility index (Phi) is 26.4. The maximum atomic E-state index is 13.4. The zero-order chi connectivity index (χ0) is 37.1. The van der Waals surface area contributed by atoms with Crippen LogP contribution in [0.4, 0.5) is 0 Å². The molecule has 11 nitrogen and oxygen atoms in total. The topological polar surface area (TPSA) is 151 Å². The van der Waals surface area contributed by atoms with Gasteiger partial charge in [0.15, 0.2) is 5.78 Å². The Morgan fingerprint density at radius 2 is 1.19 bits per heavy atom. The Hall–Kier alpha value is -3.67. The number of ether oxygens (including phenoxy) is 3. The number of amides is 1. The van der Waals surface area contributed by atoms with Crippen molar-refractivity contribution in [2.75, 3.05) is 39.6 Å². The number of Topliss-reactive ketones (excluding diaryl/α,β-unsaturated/α-hetero) is 4. The molecule has 0 bridgehead atoms. The van der Waals surface area contributed by atoms with E-state index in [1.807, 2.05) is 55.4 Å². The van der Waals surface area contributed by atoms with Crippen LogP contribution in [0, 0.1) is 5.92 Å². The molecule has 2 aromatic heterocycles. The zero-order valence-corrected chi connectivity index (χ0v) is 31.1. The highest BCUT2D eigenvalue weighted by molar-refractivity contribution is 5.95. The Morgan fingerprint density at radius 3 is 1.56 bits per heavy atom. The van der Waals surface area contributed by atoms with Gasteiger partial charge in [-0.2, -0.15) is 0 Å². The van der Waals surface area contributed by atoms with E-state index in [1.165, 1.54) is 27.0 Å². The molecule has 0 saturated carbocycles. The normalized spacial score (nSPS) is 10.3. The predicted molar refractivity (Wildman–Crippen MR) is 189 cm³/mol. The van der Waals surface area contributed by atoms with Gasteiger partial charge in [0, 0.05) is 50.1 Å². The summed E-state index contributed by atoms with van der Waals surface area (Å²) in [5.74, 6) is -0.757. The van der Waals surface area contributed by atoms with E-state index in [0.717, 1.165) is 0 Å². The van der Waals surface area contributed by atoms with E-state index in [2.05, 4.69) is 15.3 Å². The summed E-state index contributed by atoms with van der Waals surface area (Å²) in [5, 5.41) is 2.95. The van der Waals surface area contributed by atoms with Crippen LogP contribution < -0.4 is 5.32 Å². The molecule has 270 valence electrons. The lowest BCUT2D eigenvalue weighted by Gasteiger charge is -2.34. The van der Waals surface area contributed by atoms with E-state index in [4.69, 9.17) is 14.2 Å². The van der Waals surface area contributed by atoms with Crippen LogP contribution in [0.3, 0.4) is 0 Å². The van der Waals surface area contributed by atoms with Crippen molar-refractivity contribution in [1.82, 2.24) is 15.3 Å². The zero-order valence-electron chi connectivity index (χ0n) is 31.1. The number of hydrogen-bond donors (Lipinski definition) is 1. The third-order valence-electron chi connectivity index (χ3n) is 6.29. The van der Waals surface area contributed by atoms with Crippen molar-refractivity contribution in [3.63, 3.8) is 0 Å². The fourth-order valence-electron chi connectivity index (χ4n) is 3.69. The van der Waals surface area contributed by atoms with Gasteiger partial charge in [-0.3, -0.25) is 33.9 Å². The minimum atomic E-state index is -1.18. The van der Waals surface area contributed by atoms with Crippen LogP contribution in [-0.4, -0.2) is 84.2 Å². The molecule has 0 fully saturated rings. The van der Waals surface area contributed by atoms with E-state index in [1.54, 1.807) is 30.5 Å². The number of pyridine rings is 2. The van der Waals surface area contributed by atoms with Crippen LogP contribution >= 0.6 is 0 Å². The highest BCUT2D eigenvalue weighted by Gasteiger charge is 2.34. The molecule has 0 aromatic carbocycles. The van der Waals surface area contributed by atoms with Gasteiger partial charge in [-0.1, -0.05) is 55.4 Å². The van der Waals surface area contributed by atoms with Gasteiger partial charge in [-0.05, 0) is 38.1 Å². The number of nitrogens with zero attached hydrogens (tertiary/aromatic N) is 2. The Bertz CT molecular complexity index is 1190.